The van der Waals surface area contributed by atoms with E-state index in [0.29, 0.717) is 6.07 Å². The second-order valence-corrected chi connectivity index (χ2v) is 3.97. The van der Waals surface area contributed by atoms with Crippen LogP contribution >= 0.6 is 11.6 Å². The van der Waals surface area contributed by atoms with Crippen LogP contribution in [-0.4, -0.2) is 17.0 Å². The second-order valence-electron chi connectivity index (χ2n) is 3.57. The van der Waals surface area contributed by atoms with Crippen molar-refractivity contribution in [2.45, 2.75) is 18.1 Å². The summed E-state index contributed by atoms with van der Waals surface area (Å²) in [4.78, 5) is 9.50. The lowest BCUT2D eigenvalue weighted by Crippen LogP contribution is -2.45. The average Bonchev–Trinajstić information content (AvgIpc) is 2.26. The standard InChI is InChI=1S/C9H6ClF5N2O2/c10-5-2-1-4(3-6(5)17(18)19)7(16)8(11,12)9(13,14)15/h1-3,7H,16H2/t7-/m1/s1. The van der Waals surface area contributed by atoms with Crippen molar-refractivity contribution >= 4 is 17.3 Å². The number of benzene rings is 1. The van der Waals surface area contributed by atoms with Crippen LogP contribution in [0.25, 0.3) is 0 Å². The fourth-order valence-electron chi connectivity index (χ4n) is 1.25. The van der Waals surface area contributed by atoms with Crippen molar-refractivity contribution in [3.63, 3.8) is 0 Å². The van der Waals surface area contributed by atoms with E-state index >= 15 is 0 Å². The highest BCUT2D eigenvalue weighted by molar-refractivity contribution is 6.32. The molecule has 0 amide bonds. The highest BCUT2D eigenvalue weighted by Gasteiger charge is 2.61. The van der Waals surface area contributed by atoms with Crippen molar-refractivity contribution in [3.05, 3.63) is 38.9 Å². The highest BCUT2D eigenvalue weighted by atomic mass is 35.5. The molecule has 1 atom stereocenters. The molecule has 0 radical (unpaired) electrons. The molecule has 0 saturated heterocycles. The zero-order valence-corrected chi connectivity index (χ0v) is 9.67. The molecule has 1 rings (SSSR count). The van der Waals surface area contributed by atoms with Crippen molar-refractivity contribution in [1.82, 2.24) is 0 Å². The Labute approximate surface area is 108 Å². The van der Waals surface area contributed by atoms with Crippen molar-refractivity contribution in [1.29, 1.82) is 0 Å². The van der Waals surface area contributed by atoms with Gasteiger partial charge in [-0.3, -0.25) is 10.1 Å². The molecule has 2 N–H and O–H groups in total. The van der Waals surface area contributed by atoms with Crippen molar-refractivity contribution in [2.75, 3.05) is 0 Å². The van der Waals surface area contributed by atoms with E-state index in [2.05, 4.69) is 0 Å². The summed E-state index contributed by atoms with van der Waals surface area (Å²) in [5.41, 5.74) is 3.31. The molecule has 0 fully saturated rings. The first-order valence-electron chi connectivity index (χ1n) is 4.62. The molecule has 106 valence electrons. The third-order valence-electron chi connectivity index (χ3n) is 2.29. The van der Waals surface area contributed by atoms with E-state index in [1.165, 1.54) is 0 Å². The van der Waals surface area contributed by atoms with Crippen LogP contribution in [0, 0.1) is 10.1 Å². The van der Waals surface area contributed by atoms with E-state index < -0.39 is 39.3 Å². The molecule has 0 heterocycles. The highest BCUT2D eigenvalue weighted by Crippen LogP contribution is 2.44. The van der Waals surface area contributed by atoms with E-state index in [4.69, 9.17) is 17.3 Å². The molecular formula is C9H6ClF5N2O2. The Morgan fingerprint density at radius 3 is 2.21 bits per heavy atom. The molecule has 10 heteroatoms. The lowest BCUT2D eigenvalue weighted by Gasteiger charge is -2.25. The van der Waals surface area contributed by atoms with Crippen LogP contribution in [0.5, 0.6) is 0 Å². The third-order valence-corrected chi connectivity index (χ3v) is 2.61. The molecule has 0 unspecified atom stereocenters. The molecule has 0 aliphatic heterocycles. The van der Waals surface area contributed by atoms with Gasteiger partial charge in [0.25, 0.3) is 5.69 Å². The molecule has 1 aromatic rings. The van der Waals surface area contributed by atoms with Gasteiger partial charge in [0, 0.05) is 6.07 Å². The molecule has 4 nitrogen and oxygen atoms in total. The lowest BCUT2D eigenvalue weighted by molar-refractivity contribution is -0.384. The Kier molecular flexibility index (Phi) is 4.01. The third kappa shape index (κ3) is 2.92. The van der Waals surface area contributed by atoms with Crippen molar-refractivity contribution in [3.8, 4) is 0 Å². The van der Waals surface area contributed by atoms with Crippen LogP contribution in [0.15, 0.2) is 18.2 Å². The van der Waals surface area contributed by atoms with E-state index in [1.807, 2.05) is 0 Å². The Morgan fingerprint density at radius 2 is 1.79 bits per heavy atom. The lowest BCUT2D eigenvalue weighted by atomic mass is 10.0. The molecule has 1 aromatic carbocycles. The number of nitrogens with two attached hydrogens (primary N) is 1. The Hall–Kier alpha value is -1.48. The summed E-state index contributed by atoms with van der Waals surface area (Å²) in [5, 5.41) is 10.1. The first-order chi connectivity index (χ1) is 8.48. The minimum Gasteiger partial charge on any atom is -0.319 e. The molecule has 0 saturated carbocycles. The minimum absolute atomic E-state index is 0.392. The maximum absolute atomic E-state index is 13.0. The summed E-state index contributed by atoms with van der Waals surface area (Å²) in [6.45, 7) is 0. The van der Waals surface area contributed by atoms with Crippen LogP contribution < -0.4 is 5.73 Å². The van der Waals surface area contributed by atoms with E-state index in [1.54, 1.807) is 0 Å². The molecule has 0 aliphatic rings. The summed E-state index contributed by atoms with van der Waals surface area (Å²) >= 11 is 5.41. The van der Waals surface area contributed by atoms with Gasteiger partial charge in [0.05, 0.1) is 4.92 Å². The number of halogens is 6. The first-order valence-corrected chi connectivity index (χ1v) is 5.00. The summed E-state index contributed by atoms with van der Waals surface area (Å²) in [5.74, 6) is -5.21. The largest absolute Gasteiger partial charge is 0.455 e. The van der Waals surface area contributed by atoms with Gasteiger partial charge in [-0.05, 0) is 11.6 Å². The zero-order valence-electron chi connectivity index (χ0n) is 8.92. The van der Waals surface area contributed by atoms with Crippen LogP contribution in [0.4, 0.5) is 27.6 Å². The monoisotopic (exact) mass is 304 g/mol. The molecule has 0 spiro atoms. The number of alkyl halides is 5. The number of hydrogen-bond acceptors (Lipinski definition) is 3. The molecule has 19 heavy (non-hydrogen) atoms. The average molecular weight is 305 g/mol. The number of nitro benzene ring substituents is 1. The fourth-order valence-corrected chi connectivity index (χ4v) is 1.44. The Morgan fingerprint density at radius 1 is 1.26 bits per heavy atom. The van der Waals surface area contributed by atoms with Gasteiger partial charge in [-0.15, -0.1) is 0 Å². The van der Waals surface area contributed by atoms with E-state index in [-0.39, 0.29) is 0 Å². The van der Waals surface area contributed by atoms with Gasteiger partial charge in [-0.2, -0.15) is 22.0 Å². The van der Waals surface area contributed by atoms with E-state index in [9.17, 15) is 32.1 Å². The topological polar surface area (TPSA) is 69.2 Å². The maximum atomic E-state index is 13.0. The van der Waals surface area contributed by atoms with E-state index in [0.717, 1.165) is 12.1 Å². The van der Waals surface area contributed by atoms with Gasteiger partial charge in [-0.1, -0.05) is 17.7 Å². The van der Waals surface area contributed by atoms with Crippen molar-refractivity contribution in [2.24, 2.45) is 5.73 Å². The van der Waals surface area contributed by atoms with Gasteiger partial charge >= 0.3 is 12.1 Å². The second kappa shape index (κ2) is 4.89. The van der Waals surface area contributed by atoms with Gasteiger partial charge in [0.2, 0.25) is 0 Å². The Bertz CT molecular complexity index is 506. The summed E-state index contributed by atoms with van der Waals surface area (Å²) in [7, 11) is 0. The maximum Gasteiger partial charge on any atom is 0.455 e. The summed E-state index contributed by atoms with van der Waals surface area (Å²) in [6, 6.07) is -0.656. The quantitative estimate of drug-likeness (QED) is 0.528. The first kappa shape index (κ1) is 15.6. The zero-order chi connectivity index (χ0) is 15.0. The molecule has 0 aliphatic carbocycles. The number of hydrogen-bond donors (Lipinski definition) is 1. The predicted molar refractivity (Wildman–Crippen MR) is 56.0 cm³/mol. The number of nitrogens with zero attached hydrogens (tertiary/aromatic N) is 1. The predicted octanol–water partition coefficient (Wildman–Crippen LogP) is 3.45. The summed E-state index contributed by atoms with van der Waals surface area (Å²) in [6.07, 6.45) is -5.86. The Balaban J connectivity index is 3.25. The minimum atomic E-state index is -5.86. The SMILES string of the molecule is N[C@H](c1ccc(Cl)c([N+](=O)[O-])c1)C(F)(F)C(F)(F)F. The van der Waals surface area contributed by atoms with Crippen LogP contribution in [-0.2, 0) is 0 Å². The summed E-state index contributed by atoms with van der Waals surface area (Å²) < 4.78 is 62.3. The van der Waals surface area contributed by atoms with Gasteiger partial charge in [0.15, 0.2) is 0 Å². The van der Waals surface area contributed by atoms with Crippen LogP contribution in [0.3, 0.4) is 0 Å². The van der Waals surface area contributed by atoms with Gasteiger partial charge in [0.1, 0.15) is 11.1 Å². The van der Waals surface area contributed by atoms with Gasteiger partial charge in [-0.25, -0.2) is 0 Å². The van der Waals surface area contributed by atoms with Crippen LogP contribution in [0.2, 0.25) is 5.02 Å². The number of rotatable bonds is 3. The van der Waals surface area contributed by atoms with Crippen molar-refractivity contribution < 1.29 is 26.9 Å². The molecular weight excluding hydrogens is 299 g/mol. The molecule has 0 aromatic heterocycles. The smallest absolute Gasteiger partial charge is 0.319 e. The van der Waals surface area contributed by atoms with Crippen LogP contribution in [0.1, 0.15) is 11.6 Å². The normalized spacial score (nSPS) is 14.3. The number of nitro groups is 1. The molecule has 0 bridgehead atoms. The fraction of sp³-hybridized carbons (Fsp3) is 0.333. The van der Waals surface area contributed by atoms with Gasteiger partial charge < -0.3 is 5.73 Å².